The molecule has 0 aliphatic heterocycles. The second-order valence-electron chi connectivity index (χ2n) is 4.03. The summed E-state index contributed by atoms with van der Waals surface area (Å²) >= 11 is 0. The van der Waals surface area contributed by atoms with E-state index in [1.165, 1.54) is 0 Å². The molecule has 2 heterocycles. The fourth-order valence-electron chi connectivity index (χ4n) is 1.72. The van der Waals surface area contributed by atoms with E-state index in [4.69, 9.17) is 5.73 Å². The van der Waals surface area contributed by atoms with Crippen molar-refractivity contribution < 1.29 is 13.2 Å². The second kappa shape index (κ2) is 3.08. The molecule has 0 bridgehead atoms. The van der Waals surface area contributed by atoms with Crippen molar-refractivity contribution in [3.05, 3.63) is 11.5 Å². The zero-order valence-corrected chi connectivity index (χ0v) is 8.54. The summed E-state index contributed by atoms with van der Waals surface area (Å²) in [5.41, 5.74) is 6.18. The molecular formula is C9H8F3N5. The smallest absolute Gasteiger partial charge is 0.369 e. The molecule has 0 radical (unpaired) electrons. The Morgan fingerprint density at radius 3 is 2.47 bits per heavy atom. The lowest BCUT2D eigenvalue weighted by Gasteiger charge is -2.06. The van der Waals surface area contributed by atoms with Crippen molar-refractivity contribution in [2.24, 2.45) is 0 Å². The average Bonchev–Trinajstić information content (AvgIpc) is 2.97. The SMILES string of the molecule is Nc1nc2nc(C(F)(F)F)nc(C3CC3)c2[nH]1. The highest BCUT2D eigenvalue weighted by Gasteiger charge is 2.38. The number of nitrogens with zero attached hydrogens (tertiary/aromatic N) is 3. The molecule has 1 saturated carbocycles. The molecule has 0 atom stereocenters. The maximum Gasteiger partial charge on any atom is 0.451 e. The number of hydrogen-bond acceptors (Lipinski definition) is 4. The van der Waals surface area contributed by atoms with Gasteiger partial charge in [0.1, 0.15) is 5.52 Å². The molecule has 0 aromatic carbocycles. The zero-order chi connectivity index (χ0) is 12.2. The number of nitrogens with one attached hydrogen (secondary N) is 1. The van der Waals surface area contributed by atoms with Gasteiger partial charge >= 0.3 is 6.18 Å². The summed E-state index contributed by atoms with van der Waals surface area (Å²) in [6.45, 7) is 0. The minimum atomic E-state index is -4.56. The van der Waals surface area contributed by atoms with E-state index >= 15 is 0 Å². The minimum absolute atomic E-state index is 0.0216. The molecule has 3 N–H and O–H groups in total. The number of aromatic amines is 1. The van der Waals surface area contributed by atoms with Crippen molar-refractivity contribution in [2.45, 2.75) is 24.9 Å². The van der Waals surface area contributed by atoms with E-state index in [1.807, 2.05) is 0 Å². The minimum Gasteiger partial charge on any atom is -0.369 e. The number of nitrogens with two attached hydrogens (primary N) is 1. The van der Waals surface area contributed by atoms with Crippen LogP contribution >= 0.6 is 0 Å². The molecule has 90 valence electrons. The molecule has 2 aromatic heterocycles. The molecule has 1 aliphatic rings. The van der Waals surface area contributed by atoms with Crippen molar-refractivity contribution in [2.75, 3.05) is 5.73 Å². The first-order valence-electron chi connectivity index (χ1n) is 5.05. The summed E-state index contributed by atoms with van der Waals surface area (Å²) in [5.74, 6) is -1.05. The van der Waals surface area contributed by atoms with Gasteiger partial charge in [0.15, 0.2) is 11.6 Å². The van der Waals surface area contributed by atoms with Gasteiger partial charge in [-0.1, -0.05) is 0 Å². The summed E-state index contributed by atoms with van der Waals surface area (Å²) in [6, 6.07) is 0. The highest BCUT2D eigenvalue weighted by atomic mass is 19.4. The Labute approximate surface area is 93.3 Å². The monoisotopic (exact) mass is 243 g/mol. The standard InChI is InChI=1S/C9H8F3N5/c10-9(11,12)7-14-4(3-1-2-3)5-6(16-7)17-8(13)15-5/h3H,1-2H2,(H3,13,14,15,16,17). The van der Waals surface area contributed by atoms with E-state index in [2.05, 4.69) is 19.9 Å². The lowest BCUT2D eigenvalue weighted by molar-refractivity contribution is -0.144. The number of fused-ring (bicyclic) bond motifs is 1. The van der Waals surface area contributed by atoms with E-state index < -0.39 is 12.0 Å². The molecular weight excluding hydrogens is 235 g/mol. The summed E-state index contributed by atoms with van der Waals surface area (Å²) < 4.78 is 37.8. The molecule has 0 saturated heterocycles. The third-order valence-corrected chi connectivity index (χ3v) is 2.61. The molecule has 1 fully saturated rings. The molecule has 2 aromatic rings. The fraction of sp³-hybridized carbons (Fsp3) is 0.444. The topological polar surface area (TPSA) is 80.5 Å². The second-order valence-corrected chi connectivity index (χ2v) is 4.03. The van der Waals surface area contributed by atoms with Gasteiger partial charge in [-0.15, -0.1) is 0 Å². The largest absolute Gasteiger partial charge is 0.451 e. The lowest BCUT2D eigenvalue weighted by atomic mass is 10.2. The lowest BCUT2D eigenvalue weighted by Crippen LogP contribution is -2.12. The third-order valence-electron chi connectivity index (χ3n) is 2.61. The van der Waals surface area contributed by atoms with Gasteiger partial charge in [-0.2, -0.15) is 18.2 Å². The zero-order valence-electron chi connectivity index (χ0n) is 8.54. The van der Waals surface area contributed by atoms with E-state index in [0.29, 0.717) is 11.2 Å². The van der Waals surface area contributed by atoms with Crippen LogP contribution in [0.15, 0.2) is 0 Å². The number of alkyl halides is 3. The van der Waals surface area contributed by atoms with Gasteiger partial charge in [0.05, 0.1) is 5.69 Å². The van der Waals surface area contributed by atoms with Crippen LogP contribution in [-0.4, -0.2) is 19.9 Å². The highest BCUT2D eigenvalue weighted by Crippen LogP contribution is 2.42. The molecule has 0 amide bonds. The van der Waals surface area contributed by atoms with E-state index in [-0.39, 0.29) is 17.5 Å². The van der Waals surface area contributed by atoms with Crippen molar-refractivity contribution in [1.29, 1.82) is 0 Å². The average molecular weight is 243 g/mol. The van der Waals surface area contributed by atoms with Crippen LogP contribution in [0.4, 0.5) is 19.1 Å². The van der Waals surface area contributed by atoms with Crippen LogP contribution in [0.3, 0.4) is 0 Å². The highest BCUT2D eigenvalue weighted by molar-refractivity contribution is 5.76. The van der Waals surface area contributed by atoms with Crippen LogP contribution in [0.1, 0.15) is 30.3 Å². The molecule has 17 heavy (non-hydrogen) atoms. The van der Waals surface area contributed by atoms with Crippen LogP contribution in [-0.2, 0) is 6.18 Å². The van der Waals surface area contributed by atoms with Gasteiger partial charge in [0, 0.05) is 5.92 Å². The Bertz CT molecular complexity index is 584. The van der Waals surface area contributed by atoms with Crippen molar-refractivity contribution in [3.8, 4) is 0 Å². The number of rotatable bonds is 1. The van der Waals surface area contributed by atoms with Crippen LogP contribution in [0.5, 0.6) is 0 Å². The van der Waals surface area contributed by atoms with Crippen LogP contribution in [0, 0.1) is 0 Å². The molecule has 3 rings (SSSR count). The normalized spacial score (nSPS) is 16.6. The Kier molecular flexibility index (Phi) is 1.87. The van der Waals surface area contributed by atoms with Crippen molar-refractivity contribution in [3.63, 3.8) is 0 Å². The fourth-order valence-corrected chi connectivity index (χ4v) is 1.72. The van der Waals surface area contributed by atoms with Gasteiger partial charge in [-0.25, -0.2) is 9.97 Å². The van der Waals surface area contributed by atoms with Gasteiger partial charge in [-0.3, -0.25) is 0 Å². The van der Waals surface area contributed by atoms with Gasteiger partial charge in [-0.05, 0) is 12.8 Å². The van der Waals surface area contributed by atoms with Crippen LogP contribution < -0.4 is 5.73 Å². The first-order chi connectivity index (χ1) is 7.95. The molecule has 0 spiro atoms. The number of imidazole rings is 1. The van der Waals surface area contributed by atoms with Crippen molar-refractivity contribution >= 4 is 17.1 Å². The Morgan fingerprint density at radius 2 is 1.88 bits per heavy atom. The quantitative estimate of drug-likeness (QED) is 0.800. The van der Waals surface area contributed by atoms with Crippen LogP contribution in [0.25, 0.3) is 11.2 Å². The number of nitrogen functional groups attached to an aromatic ring is 1. The maximum absolute atomic E-state index is 12.6. The maximum atomic E-state index is 12.6. The number of halogens is 3. The Balaban J connectivity index is 2.26. The Hall–Kier alpha value is -1.86. The van der Waals surface area contributed by atoms with E-state index in [0.717, 1.165) is 12.8 Å². The number of H-pyrrole nitrogens is 1. The summed E-state index contributed by atoms with van der Waals surface area (Å²) in [5, 5.41) is 0. The van der Waals surface area contributed by atoms with Gasteiger partial charge in [0.25, 0.3) is 0 Å². The molecule has 1 aliphatic carbocycles. The molecule has 5 nitrogen and oxygen atoms in total. The number of hydrogen-bond donors (Lipinski definition) is 2. The predicted octanol–water partition coefficient (Wildman–Crippen LogP) is 1.83. The molecule has 8 heteroatoms. The third kappa shape index (κ3) is 1.69. The van der Waals surface area contributed by atoms with Gasteiger partial charge in [0.2, 0.25) is 5.82 Å². The predicted molar refractivity (Wildman–Crippen MR) is 53.1 cm³/mol. The first-order valence-corrected chi connectivity index (χ1v) is 5.05. The van der Waals surface area contributed by atoms with Gasteiger partial charge < -0.3 is 10.7 Å². The Morgan fingerprint density at radius 1 is 1.18 bits per heavy atom. The van der Waals surface area contributed by atoms with Crippen LogP contribution in [0.2, 0.25) is 0 Å². The first kappa shape index (κ1) is 10.3. The summed E-state index contributed by atoms with van der Waals surface area (Å²) in [7, 11) is 0. The number of aromatic nitrogens is 4. The van der Waals surface area contributed by atoms with E-state index in [1.54, 1.807) is 0 Å². The summed E-state index contributed by atoms with van der Waals surface area (Å²) in [6.07, 6.45) is -2.89. The van der Waals surface area contributed by atoms with E-state index in [9.17, 15) is 13.2 Å². The summed E-state index contributed by atoms with van der Waals surface area (Å²) in [4.78, 5) is 13.4. The number of anilines is 1. The molecule has 0 unspecified atom stereocenters. The van der Waals surface area contributed by atoms with Crippen molar-refractivity contribution in [1.82, 2.24) is 19.9 Å².